The van der Waals surface area contributed by atoms with Crippen molar-refractivity contribution in [3.63, 3.8) is 0 Å². The van der Waals surface area contributed by atoms with Crippen molar-refractivity contribution in [2.24, 2.45) is 5.92 Å². The fraction of sp³-hybridized carbons (Fsp3) is 0.562. The zero-order valence-electron chi connectivity index (χ0n) is 12.7. The topological polar surface area (TPSA) is 41.1 Å². The first-order valence-electron chi connectivity index (χ1n) is 6.87. The molecule has 2 N–H and O–H groups in total. The van der Waals surface area contributed by atoms with Gasteiger partial charge in [-0.05, 0) is 45.4 Å². The molecule has 3 nitrogen and oxygen atoms in total. The molecule has 1 unspecified atom stereocenters. The number of hydrogen-bond donors (Lipinski definition) is 2. The Morgan fingerprint density at radius 2 is 1.95 bits per heavy atom. The van der Waals surface area contributed by atoms with Crippen LogP contribution in [0.25, 0.3) is 0 Å². The maximum absolute atomic E-state index is 12.1. The molecule has 3 heteroatoms. The highest BCUT2D eigenvalue weighted by molar-refractivity contribution is 5.79. The third-order valence-electron chi connectivity index (χ3n) is 3.31. The largest absolute Gasteiger partial charge is 0.351 e. The minimum absolute atomic E-state index is 0.0128. The van der Waals surface area contributed by atoms with Gasteiger partial charge in [0.2, 0.25) is 5.91 Å². The highest BCUT2D eigenvalue weighted by atomic mass is 16.2. The molecule has 0 aliphatic heterocycles. The summed E-state index contributed by atoms with van der Waals surface area (Å²) in [5, 5.41) is 6.17. The molecule has 0 spiro atoms. The zero-order valence-corrected chi connectivity index (χ0v) is 12.7. The minimum Gasteiger partial charge on any atom is -0.351 e. The fourth-order valence-electron chi connectivity index (χ4n) is 2.18. The first kappa shape index (κ1) is 15.7. The molecule has 1 rings (SSSR count). The second-order valence-corrected chi connectivity index (χ2v) is 5.94. The predicted molar refractivity (Wildman–Crippen MR) is 80.2 cm³/mol. The molecule has 0 saturated heterocycles. The number of rotatable bonds is 6. The highest BCUT2D eigenvalue weighted by Crippen LogP contribution is 2.16. The van der Waals surface area contributed by atoms with E-state index in [0.717, 1.165) is 6.42 Å². The van der Waals surface area contributed by atoms with Gasteiger partial charge in [-0.1, -0.05) is 31.2 Å². The molecule has 19 heavy (non-hydrogen) atoms. The fourth-order valence-corrected chi connectivity index (χ4v) is 2.18. The van der Waals surface area contributed by atoms with Crippen molar-refractivity contribution in [1.29, 1.82) is 0 Å². The minimum atomic E-state index is -0.231. The van der Waals surface area contributed by atoms with Crippen molar-refractivity contribution in [3.8, 4) is 0 Å². The summed E-state index contributed by atoms with van der Waals surface area (Å²) in [7, 11) is 1.86. The number of nitrogens with one attached hydrogen (secondary N) is 2. The van der Waals surface area contributed by atoms with E-state index in [1.54, 1.807) is 0 Å². The average Bonchev–Trinajstić information content (AvgIpc) is 2.31. The molecule has 106 valence electrons. The summed E-state index contributed by atoms with van der Waals surface area (Å²) < 4.78 is 0. The summed E-state index contributed by atoms with van der Waals surface area (Å²) in [6.07, 6.45) is 0.845. The number of amides is 1. The Balaban J connectivity index is 2.66. The lowest BCUT2D eigenvalue weighted by atomic mass is 9.91. The Hall–Kier alpha value is -1.35. The van der Waals surface area contributed by atoms with E-state index >= 15 is 0 Å². The van der Waals surface area contributed by atoms with E-state index < -0.39 is 0 Å². The average molecular weight is 262 g/mol. The molecule has 1 amide bonds. The summed E-state index contributed by atoms with van der Waals surface area (Å²) in [5.74, 6) is 0.0917. The van der Waals surface area contributed by atoms with Gasteiger partial charge in [0.15, 0.2) is 0 Å². The number of hydrogen-bond acceptors (Lipinski definition) is 2. The first-order chi connectivity index (χ1) is 8.85. The van der Waals surface area contributed by atoms with Crippen molar-refractivity contribution >= 4 is 5.91 Å². The highest BCUT2D eigenvalue weighted by Gasteiger charge is 2.24. The van der Waals surface area contributed by atoms with Gasteiger partial charge in [-0.15, -0.1) is 0 Å². The van der Waals surface area contributed by atoms with Gasteiger partial charge in [0.1, 0.15) is 0 Å². The molecule has 1 aromatic rings. The maximum atomic E-state index is 12.1. The molecule has 0 bridgehead atoms. The molecule has 0 radical (unpaired) electrons. The van der Waals surface area contributed by atoms with Crippen LogP contribution in [0, 0.1) is 12.8 Å². The van der Waals surface area contributed by atoms with Gasteiger partial charge in [-0.3, -0.25) is 4.79 Å². The van der Waals surface area contributed by atoms with Crippen molar-refractivity contribution in [3.05, 3.63) is 35.4 Å². The van der Waals surface area contributed by atoms with E-state index in [1.807, 2.05) is 26.1 Å². The molecule has 1 aromatic carbocycles. The van der Waals surface area contributed by atoms with Gasteiger partial charge >= 0.3 is 0 Å². The summed E-state index contributed by atoms with van der Waals surface area (Å²) in [5.41, 5.74) is 2.33. The van der Waals surface area contributed by atoms with E-state index in [-0.39, 0.29) is 17.4 Å². The van der Waals surface area contributed by atoms with Crippen LogP contribution in [0.5, 0.6) is 0 Å². The molecule has 0 aliphatic rings. The quantitative estimate of drug-likeness (QED) is 0.826. The summed E-state index contributed by atoms with van der Waals surface area (Å²) in [6, 6.07) is 8.32. The Morgan fingerprint density at radius 1 is 1.32 bits per heavy atom. The number of aryl methyl sites for hydroxylation is 1. The lowest BCUT2D eigenvalue weighted by Crippen LogP contribution is -2.48. The lowest BCUT2D eigenvalue weighted by Gasteiger charge is -2.28. The van der Waals surface area contributed by atoms with E-state index in [9.17, 15) is 4.79 Å². The van der Waals surface area contributed by atoms with E-state index in [0.29, 0.717) is 6.54 Å². The maximum Gasteiger partial charge on any atom is 0.224 e. The smallest absolute Gasteiger partial charge is 0.224 e. The normalized spacial score (nSPS) is 13.1. The predicted octanol–water partition coefficient (Wildman–Crippen LogP) is 2.29. The second kappa shape index (κ2) is 6.71. The van der Waals surface area contributed by atoms with E-state index in [1.165, 1.54) is 11.1 Å². The standard InChI is InChI=1S/C16H26N2O/c1-12-8-6-7-9-14(12)10-16(3,4)18-15(19)13(2)11-17-5/h6-9,13,17H,10-11H2,1-5H3,(H,18,19). The van der Waals surface area contributed by atoms with E-state index in [2.05, 4.69) is 43.5 Å². The SMILES string of the molecule is CNCC(C)C(=O)NC(C)(C)Cc1ccccc1C. The van der Waals surface area contributed by atoms with Gasteiger partial charge in [-0.2, -0.15) is 0 Å². The summed E-state index contributed by atoms with van der Waals surface area (Å²) in [6.45, 7) is 8.89. The summed E-state index contributed by atoms with van der Waals surface area (Å²) in [4.78, 5) is 12.1. The molecule has 0 saturated carbocycles. The van der Waals surface area contributed by atoms with Gasteiger partial charge in [0, 0.05) is 18.0 Å². The van der Waals surface area contributed by atoms with Crippen LogP contribution in [0.2, 0.25) is 0 Å². The molecule has 0 aromatic heterocycles. The van der Waals surface area contributed by atoms with Crippen LogP contribution < -0.4 is 10.6 Å². The summed E-state index contributed by atoms with van der Waals surface area (Å²) >= 11 is 0. The van der Waals surface area contributed by atoms with Crippen molar-refractivity contribution in [2.45, 2.75) is 39.7 Å². The molecule has 1 atom stereocenters. The number of benzene rings is 1. The van der Waals surface area contributed by atoms with Crippen LogP contribution >= 0.6 is 0 Å². The third kappa shape index (κ3) is 5.03. The zero-order chi connectivity index (χ0) is 14.5. The number of carbonyl (C=O) groups excluding carboxylic acids is 1. The van der Waals surface area contributed by atoms with Gasteiger partial charge in [0.25, 0.3) is 0 Å². The van der Waals surface area contributed by atoms with Crippen LogP contribution in [0.3, 0.4) is 0 Å². The lowest BCUT2D eigenvalue weighted by molar-refractivity contribution is -0.125. The monoisotopic (exact) mass is 262 g/mol. The van der Waals surface area contributed by atoms with Crippen LogP contribution in [0.15, 0.2) is 24.3 Å². The molecular weight excluding hydrogens is 236 g/mol. The molecular formula is C16H26N2O. The van der Waals surface area contributed by atoms with Crippen LogP contribution in [-0.2, 0) is 11.2 Å². The van der Waals surface area contributed by atoms with Crippen LogP contribution in [0.4, 0.5) is 0 Å². The second-order valence-electron chi connectivity index (χ2n) is 5.94. The molecule has 0 fully saturated rings. The van der Waals surface area contributed by atoms with E-state index in [4.69, 9.17) is 0 Å². The van der Waals surface area contributed by atoms with Gasteiger partial charge in [0.05, 0.1) is 0 Å². The number of carbonyl (C=O) groups is 1. The van der Waals surface area contributed by atoms with Crippen molar-refractivity contribution in [2.75, 3.05) is 13.6 Å². The van der Waals surface area contributed by atoms with Crippen LogP contribution in [0.1, 0.15) is 31.9 Å². The van der Waals surface area contributed by atoms with Crippen LogP contribution in [-0.4, -0.2) is 25.0 Å². The van der Waals surface area contributed by atoms with Gasteiger partial charge < -0.3 is 10.6 Å². The Labute approximate surface area is 116 Å². The Morgan fingerprint density at radius 3 is 2.53 bits per heavy atom. The van der Waals surface area contributed by atoms with Crippen molar-refractivity contribution in [1.82, 2.24) is 10.6 Å². The Kier molecular flexibility index (Phi) is 5.55. The van der Waals surface area contributed by atoms with Crippen molar-refractivity contribution < 1.29 is 4.79 Å². The first-order valence-corrected chi connectivity index (χ1v) is 6.87. The molecule has 0 heterocycles. The molecule has 0 aliphatic carbocycles. The Bertz CT molecular complexity index is 427. The third-order valence-corrected chi connectivity index (χ3v) is 3.31. The van der Waals surface area contributed by atoms with Gasteiger partial charge in [-0.25, -0.2) is 0 Å².